The van der Waals surface area contributed by atoms with Gasteiger partial charge in [-0.1, -0.05) is 18.6 Å². The minimum Gasteiger partial charge on any atom is -0.462 e. The zero-order chi connectivity index (χ0) is 40.9. The highest BCUT2D eigenvalue weighted by Crippen LogP contribution is 2.70. The Morgan fingerprint density at radius 3 is 2.31 bits per heavy atom. The van der Waals surface area contributed by atoms with E-state index in [1.54, 1.807) is 13.8 Å². The minimum atomic E-state index is -2.26. The van der Waals surface area contributed by atoms with Gasteiger partial charge < -0.3 is 25.1 Å². The molecule has 23 heteroatoms. The lowest BCUT2D eigenvalue weighted by Crippen LogP contribution is -2.69. The van der Waals surface area contributed by atoms with Crippen molar-refractivity contribution >= 4 is 29.5 Å². The fourth-order valence-electron chi connectivity index (χ4n) is 8.75. The number of aliphatic hydroxyl groups excluding tert-OH is 1. The summed E-state index contributed by atoms with van der Waals surface area (Å²) >= 11 is 0. The zero-order valence-electron chi connectivity index (χ0n) is 30.0. The zero-order valence-corrected chi connectivity index (χ0v) is 30.0. The number of Topliss-reactive ketones (excluding diaryl/α,β-unsaturated/α-hetero) is 1. The Kier molecular flexibility index (Phi) is 14.4. The lowest BCUT2D eigenvalue weighted by atomic mass is 9.44. The number of alkyl halides is 1. The van der Waals surface area contributed by atoms with Crippen LogP contribution in [0.5, 0.6) is 0 Å². The predicted molar refractivity (Wildman–Crippen MR) is 169 cm³/mol. The van der Waals surface area contributed by atoms with Crippen LogP contribution in [0.15, 0.2) is 23.8 Å². The molecule has 4 unspecified atom stereocenters. The molecule has 0 aromatic carbocycles. The van der Waals surface area contributed by atoms with Crippen LogP contribution >= 0.6 is 0 Å². The van der Waals surface area contributed by atoms with Crippen LogP contribution < -0.4 is 5.73 Å². The number of nitrogens with two attached hydrogens (primary N) is 1. The van der Waals surface area contributed by atoms with Gasteiger partial charge in [-0.25, -0.2) is 14.1 Å². The molecule has 0 aromatic rings. The first-order valence-electron chi connectivity index (χ1n) is 17.3. The second-order valence-electron chi connectivity index (χ2n) is 14.3. The van der Waals surface area contributed by atoms with E-state index in [1.807, 2.05) is 0 Å². The molecule has 3 fully saturated rings. The summed E-state index contributed by atoms with van der Waals surface area (Å²) < 4.78 is 33.6. The van der Waals surface area contributed by atoms with E-state index < -0.39 is 118 Å². The highest BCUT2D eigenvalue weighted by atomic mass is 19.1. The van der Waals surface area contributed by atoms with Gasteiger partial charge in [0.15, 0.2) is 23.7 Å². The molecule has 0 saturated heterocycles. The number of aliphatic hydroxyl groups is 1. The van der Waals surface area contributed by atoms with Crippen molar-refractivity contribution in [2.45, 2.75) is 94.7 Å². The summed E-state index contributed by atoms with van der Waals surface area (Å²) in [5.41, 5.74) is -0.743. The molecule has 0 aliphatic heterocycles. The Morgan fingerprint density at radius 2 is 1.65 bits per heavy atom. The Bertz CT molecular complexity index is 1510. The third-order valence-electron chi connectivity index (χ3n) is 11.3. The number of halogens is 1. The Hall–Kier alpha value is -3.40. The molecule has 0 radical (unpaired) electrons. The summed E-state index contributed by atoms with van der Waals surface area (Å²) in [5.74, 6) is -5.98. The molecular formula is C32H47FN4O18. The standard InChI is InChI=1S/C32H47FN4O18/c1-29-9-7-19(38)12-18(29)5-6-22-21-8-10-31(30(21,2)14-24(39)32(22,29)33,54-26(41)4-3-11-52-35(44)45)25(40)17-50-27(42)13-23(34)28(43)51-15-20(55-37(48)49)16-53-36(46)47/h7,9,12,20-24,39,44-49H,3-6,8,10-11,13-17,34H2,1-2H3/t20?,21?,22?,23?,24-,29-,30-,31-,32-/m0/s1. The van der Waals surface area contributed by atoms with Crippen molar-refractivity contribution in [1.82, 2.24) is 16.2 Å². The number of fused-ring (bicyclic) bond motifs is 5. The van der Waals surface area contributed by atoms with Gasteiger partial charge in [0, 0.05) is 23.2 Å². The monoisotopic (exact) mass is 794 g/mol. The second-order valence-corrected chi connectivity index (χ2v) is 14.3. The quantitative estimate of drug-likeness (QED) is 0.0375. The molecule has 4 aliphatic rings. The average Bonchev–Trinajstić information content (AvgIpc) is 3.38. The van der Waals surface area contributed by atoms with Crippen LogP contribution in [0.2, 0.25) is 0 Å². The summed E-state index contributed by atoms with van der Waals surface area (Å²) in [6, 6.07) is -1.69. The van der Waals surface area contributed by atoms with Crippen molar-refractivity contribution in [2.24, 2.45) is 28.4 Å². The molecule has 3 saturated carbocycles. The van der Waals surface area contributed by atoms with Crippen molar-refractivity contribution in [3.63, 3.8) is 0 Å². The summed E-state index contributed by atoms with van der Waals surface area (Å²) in [4.78, 5) is 78.1. The molecule has 310 valence electrons. The molecule has 0 bridgehead atoms. The maximum Gasteiger partial charge on any atom is 0.323 e. The van der Waals surface area contributed by atoms with E-state index in [4.69, 9.17) is 51.2 Å². The molecule has 55 heavy (non-hydrogen) atoms. The fourth-order valence-corrected chi connectivity index (χ4v) is 8.75. The molecule has 0 aromatic heterocycles. The number of ketones is 2. The molecule has 9 N–H and O–H groups in total. The molecular weight excluding hydrogens is 747 g/mol. The number of hydrogen-bond acceptors (Lipinski definition) is 22. The predicted octanol–water partition coefficient (Wildman–Crippen LogP) is 0.197. The second kappa shape index (κ2) is 17.8. The Balaban J connectivity index is 1.50. The minimum absolute atomic E-state index is 0.0827. The van der Waals surface area contributed by atoms with Crippen LogP contribution in [0.3, 0.4) is 0 Å². The van der Waals surface area contributed by atoms with Gasteiger partial charge in [0.1, 0.15) is 25.4 Å². The third-order valence-corrected chi connectivity index (χ3v) is 11.3. The van der Waals surface area contributed by atoms with Crippen molar-refractivity contribution in [2.75, 3.05) is 26.4 Å². The van der Waals surface area contributed by atoms with Gasteiger partial charge in [-0.15, -0.1) is 0 Å². The molecule has 4 aliphatic carbocycles. The van der Waals surface area contributed by atoms with Crippen molar-refractivity contribution in [1.29, 1.82) is 0 Å². The van der Waals surface area contributed by atoms with Gasteiger partial charge in [0.25, 0.3) is 0 Å². The van der Waals surface area contributed by atoms with E-state index in [-0.39, 0.29) is 50.9 Å². The number of carbonyl (C=O) groups excluding carboxylic acids is 5. The number of ether oxygens (including phenoxy) is 3. The van der Waals surface area contributed by atoms with Gasteiger partial charge >= 0.3 is 17.9 Å². The first kappa shape index (κ1) is 44.3. The van der Waals surface area contributed by atoms with Gasteiger partial charge in [-0.3, -0.25) is 60.1 Å². The molecule has 9 atom stereocenters. The van der Waals surface area contributed by atoms with E-state index in [0.717, 1.165) is 0 Å². The lowest BCUT2D eigenvalue weighted by Gasteiger charge is -2.62. The van der Waals surface area contributed by atoms with Crippen LogP contribution in [0.25, 0.3) is 0 Å². The van der Waals surface area contributed by atoms with E-state index in [0.29, 0.717) is 12.0 Å². The average molecular weight is 795 g/mol. The summed E-state index contributed by atoms with van der Waals surface area (Å²) in [5, 5.41) is 62.2. The van der Waals surface area contributed by atoms with Crippen LogP contribution in [0.1, 0.15) is 65.2 Å². The normalized spacial score (nSPS) is 32.4. The van der Waals surface area contributed by atoms with Crippen molar-refractivity contribution < 1.29 is 93.4 Å². The largest absolute Gasteiger partial charge is 0.462 e. The SMILES string of the molecule is C[C@]12C=CC(=O)C=C1CCC1C3CC[C@](OC(=O)CCCON(O)O)(C(=O)COC(=O)CC(N)C(=O)OCC(CON(O)O)ON(O)O)[C@@]3(C)C[C@H](O)[C@@]12F. The summed E-state index contributed by atoms with van der Waals surface area (Å²) in [6.07, 6.45) is -0.164. The molecule has 0 spiro atoms. The molecule has 0 amide bonds. The fraction of sp³-hybridized carbons (Fsp3) is 0.719. The summed E-state index contributed by atoms with van der Waals surface area (Å²) in [7, 11) is 0. The first-order chi connectivity index (χ1) is 25.7. The highest BCUT2D eigenvalue weighted by molar-refractivity contribution is 6.01. The summed E-state index contributed by atoms with van der Waals surface area (Å²) in [6.45, 7) is 0.337. The number of esters is 3. The molecule has 0 heterocycles. The topological polar surface area (TPSA) is 318 Å². The van der Waals surface area contributed by atoms with Crippen molar-refractivity contribution in [3.8, 4) is 0 Å². The Morgan fingerprint density at radius 1 is 0.964 bits per heavy atom. The maximum absolute atomic E-state index is 17.6. The smallest absolute Gasteiger partial charge is 0.323 e. The van der Waals surface area contributed by atoms with Gasteiger partial charge in [-0.05, 0) is 63.5 Å². The van der Waals surface area contributed by atoms with E-state index in [9.17, 15) is 29.1 Å². The Labute approximate surface area is 312 Å². The van der Waals surface area contributed by atoms with Gasteiger partial charge in [0.05, 0.1) is 35.3 Å². The van der Waals surface area contributed by atoms with E-state index in [2.05, 4.69) is 14.5 Å². The number of carbonyl (C=O) groups is 5. The third kappa shape index (κ3) is 9.26. The first-order valence-corrected chi connectivity index (χ1v) is 17.3. The molecule has 22 nitrogen and oxygen atoms in total. The van der Waals surface area contributed by atoms with Crippen LogP contribution in [0, 0.1) is 22.7 Å². The lowest BCUT2D eigenvalue weighted by molar-refractivity contribution is -0.527. The van der Waals surface area contributed by atoms with Crippen LogP contribution in [-0.2, 0) is 52.7 Å². The van der Waals surface area contributed by atoms with Gasteiger partial charge in [0.2, 0.25) is 5.78 Å². The molecule has 4 rings (SSSR count). The number of allylic oxidation sites excluding steroid dienone is 4. The maximum atomic E-state index is 17.6. The number of rotatable bonds is 19. The number of nitrogens with zero attached hydrogens (tertiary/aromatic N) is 3. The van der Waals surface area contributed by atoms with Crippen LogP contribution in [0.4, 0.5) is 4.39 Å². The number of hydrogen-bond donors (Lipinski definition) is 8. The van der Waals surface area contributed by atoms with E-state index in [1.165, 1.54) is 18.2 Å². The van der Waals surface area contributed by atoms with Gasteiger partial charge in [-0.2, -0.15) is 0 Å². The highest BCUT2D eigenvalue weighted by Gasteiger charge is 2.75. The van der Waals surface area contributed by atoms with E-state index >= 15 is 4.39 Å². The van der Waals surface area contributed by atoms with Crippen molar-refractivity contribution in [3.05, 3.63) is 23.8 Å². The van der Waals surface area contributed by atoms with Crippen LogP contribution in [-0.4, -0.2) is 138 Å².